The Balaban J connectivity index is 2.30. The minimum absolute atomic E-state index is 0.216. The Bertz CT molecular complexity index is 973. The van der Waals surface area contributed by atoms with Crippen molar-refractivity contribution in [2.45, 2.75) is 24.9 Å². The van der Waals surface area contributed by atoms with Crippen LogP contribution in [0.15, 0.2) is 30.3 Å². The van der Waals surface area contributed by atoms with E-state index in [4.69, 9.17) is 23.7 Å². The van der Waals surface area contributed by atoms with Crippen LogP contribution in [0, 0.1) is 5.92 Å². The summed E-state index contributed by atoms with van der Waals surface area (Å²) in [6, 6.07) is 9.17. The summed E-state index contributed by atoms with van der Waals surface area (Å²) in [7, 11) is 6.20. The second-order valence-electron chi connectivity index (χ2n) is 7.78. The van der Waals surface area contributed by atoms with Gasteiger partial charge < -0.3 is 33.9 Å². The Kier molecular flexibility index (Phi) is 7.16. The Hall–Kier alpha value is -2.97. The number of esters is 1. The minimum Gasteiger partial charge on any atom is -0.493 e. The number of benzene rings is 2. The average molecular weight is 446 g/mol. The van der Waals surface area contributed by atoms with Gasteiger partial charge in [0, 0.05) is 25.2 Å². The molecular weight excluding hydrogens is 416 g/mol. The number of fused-ring (bicyclic) bond motifs is 1. The number of aliphatic hydroxyl groups is 2. The van der Waals surface area contributed by atoms with E-state index < -0.39 is 30.0 Å². The van der Waals surface area contributed by atoms with E-state index in [9.17, 15) is 15.0 Å². The van der Waals surface area contributed by atoms with E-state index in [2.05, 4.69) is 0 Å². The van der Waals surface area contributed by atoms with E-state index in [0.717, 1.165) is 16.7 Å². The highest BCUT2D eigenvalue weighted by molar-refractivity contribution is 5.67. The van der Waals surface area contributed by atoms with Crippen molar-refractivity contribution in [3.05, 3.63) is 47.0 Å². The molecule has 1 aliphatic rings. The van der Waals surface area contributed by atoms with Crippen molar-refractivity contribution in [2.24, 2.45) is 5.92 Å². The lowest BCUT2D eigenvalue weighted by molar-refractivity contribution is -0.175. The molecule has 0 radical (unpaired) electrons. The topological polar surface area (TPSA) is 104 Å². The lowest BCUT2D eigenvalue weighted by atomic mass is 9.64. The molecule has 0 fully saturated rings. The highest BCUT2D eigenvalue weighted by Crippen LogP contribution is 2.50. The summed E-state index contributed by atoms with van der Waals surface area (Å²) in [5.41, 5.74) is 1.19. The van der Waals surface area contributed by atoms with Crippen LogP contribution in [-0.2, 0) is 16.0 Å². The third-order valence-electron chi connectivity index (χ3n) is 6.13. The van der Waals surface area contributed by atoms with E-state index in [-0.39, 0.29) is 13.0 Å². The molecule has 0 bridgehead atoms. The third-order valence-corrected chi connectivity index (χ3v) is 6.13. The fraction of sp³-hybridized carbons (Fsp3) is 0.458. The predicted octanol–water partition coefficient (Wildman–Crippen LogP) is 2.31. The molecule has 0 aromatic heterocycles. The van der Waals surface area contributed by atoms with E-state index in [1.807, 2.05) is 24.3 Å². The molecule has 0 unspecified atom stereocenters. The molecule has 0 saturated heterocycles. The lowest BCUT2D eigenvalue weighted by Crippen LogP contribution is -2.54. The van der Waals surface area contributed by atoms with Gasteiger partial charge in [0.15, 0.2) is 23.0 Å². The maximum Gasteiger partial charge on any atom is 0.303 e. The molecule has 3 atom stereocenters. The molecule has 8 nitrogen and oxygen atoms in total. The zero-order chi connectivity index (χ0) is 23.5. The number of rotatable bonds is 8. The summed E-state index contributed by atoms with van der Waals surface area (Å²) in [4.78, 5) is 12.0. The Morgan fingerprint density at radius 2 is 1.53 bits per heavy atom. The number of hydrogen-bond acceptors (Lipinski definition) is 8. The molecule has 0 amide bonds. The van der Waals surface area contributed by atoms with Crippen molar-refractivity contribution in [2.75, 3.05) is 41.7 Å². The zero-order valence-corrected chi connectivity index (χ0v) is 19.0. The summed E-state index contributed by atoms with van der Waals surface area (Å²) in [5, 5.41) is 20.9. The van der Waals surface area contributed by atoms with Gasteiger partial charge in [0.2, 0.25) is 0 Å². The summed E-state index contributed by atoms with van der Waals surface area (Å²) < 4.78 is 27.5. The monoisotopic (exact) mass is 446 g/mol. The fourth-order valence-corrected chi connectivity index (χ4v) is 4.69. The van der Waals surface area contributed by atoms with E-state index in [1.54, 1.807) is 34.5 Å². The standard InChI is InChI=1S/C24H30O8/c1-14(27)32-24(13-26)11-16-9-21(30-4)22(31-5)10-17(16)23(18(24)12-25)15-6-7-19(28-2)20(8-15)29-3/h6-10,18,23,25-26H,11-13H2,1-5H3/t18-,23-,24-/m1/s1. The van der Waals surface area contributed by atoms with Crippen molar-refractivity contribution in [3.63, 3.8) is 0 Å². The van der Waals surface area contributed by atoms with Gasteiger partial charge in [0.1, 0.15) is 5.60 Å². The van der Waals surface area contributed by atoms with Gasteiger partial charge in [-0.15, -0.1) is 0 Å². The molecule has 0 saturated carbocycles. The zero-order valence-electron chi connectivity index (χ0n) is 19.0. The summed E-state index contributed by atoms with van der Waals surface area (Å²) in [6.07, 6.45) is 0.216. The van der Waals surface area contributed by atoms with Crippen LogP contribution in [0.5, 0.6) is 23.0 Å². The van der Waals surface area contributed by atoms with Gasteiger partial charge in [0.05, 0.1) is 41.7 Å². The van der Waals surface area contributed by atoms with Gasteiger partial charge >= 0.3 is 5.97 Å². The summed E-state index contributed by atoms with van der Waals surface area (Å²) >= 11 is 0. The highest BCUT2D eigenvalue weighted by Gasteiger charge is 2.51. The second kappa shape index (κ2) is 9.67. The molecule has 32 heavy (non-hydrogen) atoms. The van der Waals surface area contributed by atoms with E-state index in [0.29, 0.717) is 23.0 Å². The number of carbonyl (C=O) groups is 1. The van der Waals surface area contributed by atoms with Crippen LogP contribution in [0.4, 0.5) is 0 Å². The van der Waals surface area contributed by atoms with Crippen molar-refractivity contribution in [3.8, 4) is 23.0 Å². The van der Waals surface area contributed by atoms with Crippen LogP contribution in [0.25, 0.3) is 0 Å². The number of ether oxygens (including phenoxy) is 5. The molecule has 0 spiro atoms. The third kappa shape index (κ3) is 4.08. The molecule has 8 heteroatoms. The molecule has 2 aromatic rings. The summed E-state index contributed by atoms with van der Waals surface area (Å²) in [5.74, 6) is 0.555. The molecule has 174 valence electrons. The Morgan fingerprint density at radius 1 is 0.938 bits per heavy atom. The predicted molar refractivity (Wildman–Crippen MR) is 117 cm³/mol. The van der Waals surface area contributed by atoms with Crippen molar-refractivity contribution < 1.29 is 38.7 Å². The van der Waals surface area contributed by atoms with Gasteiger partial charge in [-0.2, -0.15) is 0 Å². The van der Waals surface area contributed by atoms with Gasteiger partial charge in [-0.25, -0.2) is 0 Å². The van der Waals surface area contributed by atoms with E-state index >= 15 is 0 Å². The molecular formula is C24H30O8. The highest BCUT2D eigenvalue weighted by atomic mass is 16.6. The maximum atomic E-state index is 12.0. The van der Waals surface area contributed by atoms with Crippen LogP contribution in [0.1, 0.15) is 29.5 Å². The smallest absolute Gasteiger partial charge is 0.303 e. The number of carbonyl (C=O) groups excluding carboxylic acids is 1. The van der Waals surface area contributed by atoms with Crippen LogP contribution in [0.3, 0.4) is 0 Å². The minimum atomic E-state index is -1.31. The Labute approximate surface area is 187 Å². The van der Waals surface area contributed by atoms with Crippen LogP contribution >= 0.6 is 0 Å². The average Bonchev–Trinajstić information content (AvgIpc) is 2.81. The summed E-state index contributed by atoms with van der Waals surface area (Å²) in [6.45, 7) is 0.525. The van der Waals surface area contributed by atoms with Crippen molar-refractivity contribution in [1.82, 2.24) is 0 Å². The lowest BCUT2D eigenvalue weighted by Gasteiger charge is -2.46. The van der Waals surface area contributed by atoms with Gasteiger partial charge in [0.25, 0.3) is 0 Å². The van der Waals surface area contributed by atoms with Crippen LogP contribution in [0.2, 0.25) is 0 Å². The van der Waals surface area contributed by atoms with Gasteiger partial charge in [-0.3, -0.25) is 4.79 Å². The Morgan fingerprint density at radius 3 is 2.06 bits per heavy atom. The van der Waals surface area contributed by atoms with Gasteiger partial charge in [-0.05, 0) is 41.0 Å². The normalized spacial score (nSPS) is 22.0. The first-order chi connectivity index (χ1) is 15.4. The number of hydrogen-bond donors (Lipinski definition) is 2. The number of methoxy groups -OCH3 is 4. The van der Waals surface area contributed by atoms with E-state index in [1.165, 1.54) is 6.92 Å². The van der Waals surface area contributed by atoms with Gasteiger partial charge in [-0.1, -0.05) is 6.07 Å². The maximum absolute atomic E-state index is 12.0. The molecule has 2 aromatic carbocycles. The largest absolute Gasteiger partial charge is 0.493 e. The molecule has 2 N–H and O–H groups in total. The molecule has 3 rings (SSSR count). The van der Waals surface area contributed by atoms with Crippen molar-refractivity contribution >= 4 is 5.97 Å². The molecule has 0 aliphatic heterocycles. The molecule has 0 heterocycles. The van der Waals surface area contributed by atoms with Crippen LogP contribution in [-0.4, -0.2) is 63.4 Å². The fourth-order valence-electron chi connectivity index (χ4n) is 4.69. The first-order valence-electron chi connectivity index (χ1n) is 10.3. The van der Waals surface area contributed by atoms with Crippen molar-refractivity contribution in [1.29, 1.82) is 0 Å². The SMILES string of the molecule is COc1ccc([C@@H]2c3cc(OC)c(OC)cc3C[C@](CO)(OC(C)=O)[C@@H]2CO)cc1OC. The molecule has 1 aliphatic carbocycles. The van der Waals surface area contributed by atoms with Crippen LogP contribution < -0.4 is 18.9 Å². The second-order valence-corrected chi connectivity index (χ2v) is 7.78. The first-order valence-corrected chi connectivity index (χ1v) is 10.3. The number of aliphatic hydroxyl groups excluding tert-OH is 2. The quantitative estimate of drug-likeness (QED) is 0.596. The first kappa shape index (κ1) is 23.7.